The number of amidine groups is 1. The number of phenols is 1. The maximum atomic E-state index is 12.7. The Balaban J connectivity index is 1.99. The minimum absolute atomic E-state index is 0.137. The predicted molar refractivity (Wildman–Crippen MR) is 108 cm³/mol. The van der Waals surface area contributed by atoms with Gasteiger partial charge in [-0.1, -0.05) is 12.1 Å². The van der Waals surface area contributed by atoms with E-state index in [-0.39, 0.29) is 22.9 Å². The fraction of sp³-hybridized carbons (Fsp3) is 0.150. The van der Waals surface area contributed by atoms with Crippen molar-refractivity contribution < 1.29 is 24.5 Å². The van der Waals surface area contributed by atoms with Crippen LogP contribution in [0.4, 0.5) is 5.69 Å². The summed E-state index contributed by atoms with van der Waals surface area (Å²) in [5.74, 6) is -0.895. The van der Waals surface area contributed by atoms with Crippen LogP contribution in [-0.2, 0) is 4.79 Å². The van der Waals surface area contributed by atoms with Crippen molar-refractivity contribution in [3.8, 4) is 11.5 Å². The number of aliphatic imine (C=N–C) groups is 1. The molecule has 1 heterocycles. The molecule has 1 aliphatic heterocycles. The van der Waals surface area contributed by atoms with Crippen molar-refractivity contribution in [1.82, 2.24) is 4.90 Å². The van der Waals surface area contributed by atoms with Crippen molar-refractivity contribution in [2.45, 2.75) is 6.92 Å². The van der Waals surface area contributed by atoms with Crippen LogP contribution in [0.1, 0.15) is 22.8 Å². The number of ether oxygens (including phenoxy) is 1. The van der Waals surface area contributed by atoms with Gasteiger partial charge in [-0.05, 0) is 60.7 Å². The van der Waals surface area contributed by atoms with Crippen LogP contribution in [0.5, 0.6) is 11.5 Å². The Bertz CT molecular complexity index is 1000. The standard InChI is InChI=1S/C20H18N2O5S/c1-3-22-18(24)17(10-12-5-4-6-14(9-12)27-2)28-20(22)21-16-8-7-13(23)11-15(16)19(25)26/h4-11,23H,3H2,1-2H3,(H,25,26)/b17-10-,21-20?. The number of carbonyl (C=O) groups excluding carboxylic acids is 1. The number of amides is 1. The number of aromatic carboxylic acids is 1. The van der Waals surface area contributed by atoms with Crippen LogP contribution in [-0.4, -0.2) is 45.8 Å². The molecule has 0 aromatic heterocycles. The Hall–Kier alpha value is -3.26. The molecule has 0 atom stereocenters. The SMILES string of the molecule is CCN1C(=O)/C(=C/c2cccc(OC)c2)SC1=Nc1ccc(O)cc1C(=O)O. The highest BCUT2D eigenvalue weighted by atomic mass is 32.2. The number of thioether (sulfide) groups is 1. The van der Waals surface area contributed by atoms with Crippen LogP contribution < -0.4 is 4.74 Å². The number of carbonyl (C=O) groups is 2. The highest BCUT2D eigenvalue weighted by Gasteiger charge is 2.32. The second kappa shape index (κ2) is 8.18. The van der Waals surface area contributed by atoms with Gasteiger partial charge in [0.05, 0.1) is 23.3 Å². The number of aromatic hydroxyl groups is 1. The number of nitrogens with zero attached hydrogens (tertiary/aromatic N) is 2. The summed E-state index contributed by atoms with van der Waals surface area (Å²) < 4.78 is 5.20. The molecule has 0 unspecified atom stereocenters. The highest BCUT2D eigenvalue weighted by molar-refractivity contribution is 8.18. The Morgan fingerprint density at radius 1 is 1.29 bits per heavy atom. The summed E-state index contributed by atoms with van der Waals surface area (Å²) in [5, 5.41) is 19.3. The predicted octanol–water partition coefficient (Wildman–Crippen LogP) is 3.72. The maximum Gasteiger partial charge on any atom is 0.338 e. The van der Waals surface area contributed by atoms with Gasteiger partial charge in [-0.3, -0.25) is 9.69 Å². The largest absolute Gasteiger partial charge is 0.508 e. The van der Waals surface area contributed by atoms with Crippen molar-refractivity contribution in [3.05, 3.63) is 58.5 Å². The van der Waals surface area contributed by atoms with E-state index in [0.717, 1.165) is 11.6 Å². The second-order valence-corrected chi connectivity index (χ2v) is 6.85. The number of phenolic OH excluding ortho intramolecular Hbond substituents is 1. The van der Waals surface area contributed by atoms with Crippen LogP contribution in [0.3, 0.4) is 0 Å². The molecule has 2 aromatic carbocycles. The first-order valence-corrected chi connectivity index (χ1v) is 9.25. The lowest BCUT2D eigenvalue weighted by Gasteiger charge is -2.12. The first-order valence-electron chi connectivity index (χ1n) is 8.43. The summed E-state index contributed by atoms with van der Waals surface area (Å²) in [6.45, 7) is 2.21. The van der Waals surface area contributed by atoms with E-state index in [2.05, 4.69) is 4.99 Å². The number of benzene rings is 2. The molecule has 0 spiro atoms. The van der Waals surface area contributed by atoms with E-state index in [1.165, 1.54) is 28.8 Å². The summed E-state index contributed by atoms with van der Waals surface area (Å²) >= 11 is 1.17. The van der Waals surface area contributed by atoms with Crippen LogP contribution >= 0.6 is 11.8 Å². The van der Waals surface area contributed by atoms with E-state index in [0.29, 0.717) is 22.4 Å². The Kier molecular flexibility index (Phi) is 5.70. The molecule has 2 aromatic rings. The maximum absolute atomic E-state index is 12.7. The van der Waals surface area contributed by atoms with Gasteiger partial charge >= 0.3 is 5.97 Å². The minimum atomic E-state index is -1.21. The topological polar surface area (TPSA) is 99.4 Å². The van der Waals surface area contributed by atoms with E-state index >= 15 is 0 Å². The Morgan fingerprint density at radius 3 is 2.75 bits per heavy atom. The van der Waals surface area contributed by atoms with Crippen molar-refractivity contribution in [2.24, 2.45) is 4.99 Å². The van der Waals surface area contributed by atoms with Crippen molar-refractivity contribution in [3.63, 3.8) is 0 Å². The number of hydrogen-bond acceptors (Lipinski definition) is 6. The number of hydrogen-bond donors (Lipinski definition) is 2. The summed E-state index contributed by atoms with van der Waals surface area (Å²) in [6.07, 6.45) is 1.75. The minimum Gasteiger partial charge on any atom is -0.508 e. The monoisotopic (exact) mass is 398 g/mol. The molecule has 1 aliphatic rings. The van der Waals surface area contributed by atoms with Crippen LogP contribution in [0.2, 0.25) is 0 Å². The van der Waals surface area contributed by atoms with Crippen LogP contribution in [0, 0.1) is 0 Å². The molecule has 3 rings (SSSR count). The van der Waals surface area contributed by atoms with Gasteiger partial charge in [0.25, 0.3) is 5.91 Å². The van der Waals surface area contributed by atoms with Gasteiger partial charge in [-0.2, -0.15) is 0 Å². The van der Waals surface area contributed by atoms with Crippen molar-refractivity contribution in [2.75, 3.05) is 13.7 Å². The fourth-order valence-electron chi connectivity index (χ4n) is 2.65. The van der Waals surface area contributed by atoms with Gasteiger partial charge in [0.1, 0.15) is 11.5 Å². The first-order chi connectivity index (χ1) is 13.4. The van der Waals surface area contributed by atoms with E-state index in [1.54, 1.807) is 13.2 Å². The third kappa shape index (κ3) is 4.01. The smallest absolute Gasteiger partial charge is 0.338 e. The molecule has 1 saturated heterocycles. The number of rotatable bonds is 5. The third-order valence-electron chi connectivity index (χ3n) is 4.02. The third-order valence-corrected chi connectivity index (χ3v) is 5.03. The fourth-order valence-corrected chi connectivity index (χ4v) is 3.70. The van der Waals surface area contributed by atoms with Gasteiger partial charge in [-0.25, -0.2) is 9.79 Å². The molecule has 0 saturated carbocycles. The number of likely N-dealkylation sites (N-methyl/N-ethyl adjacent to an activating group) is 1. The highest BCUT2D eigenvalue weighted by Crippen LogP contribution is 2.35. The zero-order valence-electron chi connectivity index (χ0n) is 15.2. The average Bonchev–Trinajstić information content (AvgIpc) is 2.97. The molecule has 1 fully saturated rings. The van der Waals surface area contributed by atoms with Gasteiger partial charge in [0.2, 0.25) is 0 Å². The number of carboxylic acids is 1. The normalized spacial score (nSPS) is 16.8. The number of methoxy groups -OCH3 is 1. The summed E-state index contributed by atoms with van der Waals surface area (Å²) in [6, 6.07) is 11.2. The lowest BCUT2D eigenvalue weighted by Crippen LogP contribution is -2.28. The summed E-state index contributed by atoms with van der Waals surface area (Å²) in [7, 11) is 1.57. The van der Waals surface area contributed by atoms with Gasteiger partial charge in [0, 0.05) is 6.54 Å². The van der Waals surface area contributed by atoms with Gasteiger partial charge < -0.3 is 14.9 Å². The second-order valence-electron chi connectivity index (χ2n) is 5.84. The van der Waals surface area contributed by atoms with Crippen molar-refractivity contribution >= 4 is 40.6 Å². The molecule has 0 radical (unpaired) electrons. The average molecular weight is 398 g/mol. The molecule has 28 heavy (non-hydrogen) atoms. The molecule has 1 amide bonds. The lowest BCUT2D eigenvalue weighted by molar-refractivity contribution is -0.122. The Morgan fingerprint density at radius 2 is 2.07 bits per heavy atom. The van der Waals surface area contributed by atoms with Crippen LogP contribution in [0.15, 0.2) is 52.4 Å². The zero-order chi connectivity index (χ0) is 20.3. The van der Waals surface area contributed by atoms with E-state index in [4.69, 9.17) is 4.74 Å². The van der Waals surface area contributed by atoms with E-state index in [1.807, 2.05) is 31.2 Å². The van der Waals surface area contributed by atoms with E-state index in [9.17, 15) is 19.8 Å². The zero-order valence-corrected chi connectivity index (χ0v) is 16.1. The summed E-state index contributed by atoms with van der Waals surface area (Å²) in [4.78, 5) is 30.5. The van der Waals surface area contributed by atoms with Gasteiger partial charge in [0.15, 0.2) is 5.17 Å². The quantitative estimate of drug-likeness (QED) is 0.745. The molecule has 144 valence electrons. The summed E-state index contributed by atoms with van der Waals surface area (Å²) in [5.41, 5.74) is 0.840. The number of carboxylic acid groups (broad SMARTS) is 1. The lowest BCUT2D eigenvalue weighted by atomic mass is 10.2. The van der Waals surface area contributed by atoms with Gasteiger partial charge in [-0.15, -0.1) is 0 Å². The molecule has 7 nitrogen and oxygen atoms in total. The molecule has 8 heteroatoms. The first kappa shape index (κ1) is 19.5. The molecule has 0 aliphatic carbocycles. The van der Waals surface area contributed by atoms with Crippen LogP contribution in [0.25, 0.3) is 6.08 Å². The Labute approximate surface area is 166 Å². The molecule has 0 bridgehead atoms. The molecule has 2 N–H and O–H groups in total. The van der Waals surface area contributed by atoms with Crippen molar-refractivity contribution in [1.29, 1.82) is 0 Å². The molecular weight excluding hydrogens is 380 g/mol. The van der Waals surface area contributed by atoms with E-state index < -0.39 is 5.97 Å². The molecular formula is C20H18N2O5S.